The molecule has 2 heterocycles. The summed E-state index contributed by atoms with van der Waals surface area (Å²) >= 11 is 0. The number of carbonyl (C=O) groups excluding carboxylic acids is 1. The number of nitriles is 1. The number of piperazine rings is 1. The Morgan fingerprint density at radius 1 is 0.978 bits per heavy atom. The molecular weight excluding hydrogens is 598 g/mol. The SMILES string of the molecule is Cc1cc(C)c(C(=O)N2CCN(c3cccc(F)c3S(N)(=O)=O)CC2C)c(C)c1NC1CCN(c2ccc(F)cc2C#N)CC1. The number of nitrogens with zero attached hydrogens (tertiary/aromatic N) is 4. The van der Waals surface area contributed by atoms with Gasteiger partial charge in [-0.25, -0.2) is 22.3 Å². The van der Waals surface area contributed by atoms with Gasteiger partial charge in [-0.15, -0.1) is 0 Å². The number of aryl methyl sites for hydroxylation is 2. The van der Waals surface area contributed by atoms with E-state index in [9.17, 15) is 27.3 Å². The molecule has 0 radical (unpaired) electrons. The zero-order valence-corrected chi connectivity index (χ0v) is 26.7. The monoisotopic (exact) mass is 636 g/mol. The van der Waals surface area contributed by atoms with Gasteiger partial charge in [0.1, 0.15) is 22.6 Å². The van der Waals surface area contributed by atoms with Gasteiger partial charge in [0.25, 0.3) is 5.91 Å². The Morgan fingerprint density at radius 3 is 2.33 bits per heavy atom. The third-order valence-electron chi connectivity index (χ3n) is 8.91. The topological polar surface area (TPSA) is 123 Å². The summed E-state index contributed by atoms with van der Waals surface area (Å²) in [5.74, 6) is -1.44. The maximum Gasteiger partial charge on any atom is 0.254 e. The van der Waals surface area contributed by atoms with Crippen molar-refractivity contribution in [3.8, 4) is 6.07 Å². The fourth-order valence-electron chi connectivity index (χ4n) is 6.73. The first-order chi connectivity index (χ1) is 21.3. The predicted molar refractivity (Wildman–Crippen MR) is 171 cm³/mol. The lowest BCUT2D eigenvalue weighted by molar-refractivity contribution is 0.0672. The van der Waals surface area contributed by atoms with E-state index in [1.54, 1.807) is 15.9 Å². The lowest BCUT2D eigenvalue weighted by atomic mass is 9.94. The van der Waals surface area contributed by atoms with Crippen LogP contribution in [0.2, 0.25) is 0 Å². The van der Waals surface area contributed by atoms with Gasteiger partial charge >= 0.3 is 0 Å². The van der Waals surface area contributed by atoms with Gasteiger partial charge < -0.3 is 20.0 Å². The van der Waals surface area contributed by atoms with Crippen LogP contribution in [0.3, 0.4) is 0 Å². The third kappa shape index (κ3) is 6.46. The maximum atomic E-state index is 14.5. The Balaban J connectivity index is 1.31. The summed E-state index contributed by atoms with van der Waals surface area (Å²) in [4.78, 5) is 19.2. The number of sulfonamides is 1. The van der Waals surface area contributed by atoms with E-state index in [0.29, 0.717) is 43.9 Å². The van der Waals surface area contributed by atoms with E-state index in [1.807, 2.05) is 33.8 Å². The molecular formula is C33H38F2N6O3S. The van der Waals surface area contributed by atoms with Crippen molar-refractivity contribution in [3.63, 3.8) is 0 Å². The van der Waals surface area contributed by atoms with Crippen LogP contribution in [0.15, 0.2) is 47.4 Å². The van der Waals surface area contributed by atoms with Gasteiger partial charge in [0.15, 0.2) is 0 Å². The molecule has 12 heteroatoms. The maximum absolute atomic E-state index is 14.5. The number of hydrogen-bond acceptors (Lipinski definition) is 7. The van der Waals surface area contributed by atoms with Crippen LogP contribution in [-0.4, -0.2) is 64.0 Å². The normalized spacial score (nSPS) is 17.7. The van der Waals surface area contributed by atoms with Crippen molar-refractivity contribution < 1.29 is 22.0 Å². The summed E-state index contributed by atoms with van der Waals surface area (Å²) < 4.78 is 52.5. The standard InChI is InChI=1S/C33H38F2N6O3S/c1-20-16-21(2)31(38-26-10-12-39(13-11-26)28-9-8-25(34)17-24(28)18-36)23(4)30(20)33(42)41-15-14-40(19-22(41)3)29-7-5-6-27(35)32(29)45(37,43)44/h5-9,16-17,22,26,38H,10-15,19H2,1-4H3,(H2,37,43,44). The van der Waals surface area contributed by atoms with Gasteiger partial charge in [0, 0.05) is 56.1 Å². The van der Waals surface area contributed by atoms with Crippen LogP contribution in [0.4, 0.5) is 25.8 Å². The van der Waals surface area contributed by atoms with Crippen molar-refractivity contribution in [1.29, 1.82) is 5.26 Å². The fourth-order valence-corrected chi connectivity index (χ4v) is 7.56. The number of nitrogens with one attached hydrogen (secondary N) is 1. The van der Waals surface area contributed by atoms with Gasteiger partial charge in [0.2, 0.25) is 10.0 Å². The van der Waals surface area contributed by atoms with Crippen LogP contribution in [0.5, 0.6) is 0 Å². The smallest absolute Gasteiger partial charge is 0.254 e. The molecule has 0 aromatic heterocycles. The molecule has 2 saturated heterocycles. The van der Waals surface area contributed by atoms with E-state index < -0.39 is 26.6 Å². The average Bonchev–Trinajstić information content (AvgIpc) is 2.98. The molecule has 1 atom stereocenters. The molecule has 0 bridgehead atoms. The number of carbonyl (C=O) groups is 1. The zero-order valence-electron chi connectivity index (χ0n) is 25.9. The molecule has 2 fully saturated rings. The van der Waals surface area contributed by atoms with Gasteiger partial charge in [-0.2, -0.15) is 5.26 Å². The van der Waals surface area contributed by atoms with Crippen molar-refractivity contribution in [2.75, 3.05) is 47.8 Å². The van der Waals surface area contributed by atoms with Gasteiger partial charge in [0.05, 0.1) is 16.9 Å². The molecule has 238 valence electrons. The number of hydrogen-bond donors (Lipinski definition) is 2. The highest BCUT2D eigenvalue weighted by atomic mass is 32.2. The number of piperidine rings is 1. The first-order valence-corrected chi connectivity index (χ1v) is 16.5. The zero-order chi connectivity index (χ0) is 32.6. The van der Waals surface area contributed by atoms with Crippen LogP contribution in [0.1, 0.15) is 52.4 Å². The fraction of sp³-hybridized carbons (Fsp3) is 0.394. The minimum atomic E-state index is -4.29. The first-order valence-electron chi connectivity index (χ1n) is 15.0. The van der Waals surface area contributed by atoms with Gasteiger partial charge in [-0.1, -0.05) is 12.1 Å². The molecule has 0 aliphatic carbocycles. The molecule has 1 unspecified atom stereocenters. The Kier molecular flexibility index (Phi) is 9.05. The number of anilines is 3. The van der Waals surface area contributed by atoms with Crippen molar-refractivity contribution in [2.45, 2.75) is 57.5 Å². The molecule has 5 rings (SSSR count). The molecule has 2 aliphatic heterocycles. The summed E-state index contributed by atoms with van der Waals surface area (Å²) in [6.45, 7) is 10.2. The second-order valence-corrected chi connectivity index (χ2v) is 13.5. The summed E-state index contributed by atoms with van der Waals surface area (Å²) in [7, 11) is -4.29. The molecule has 45 heavy (non-hydrogen) atoms. The number of amides is 1. The van der Waals surface area contributed by atoms with E-state index in [1.165, 1.54) is 24.3 Å². The Bertz CT molecular complexity index is 1780. The first kappa shape index (κ1) is 32.2. The molecule has 9 nitrogen and oxygen atoms in total. The highest BCUT2D eigenvalue weighted by molar-refractivity contribution is 7.89. The van der Waals surface area contributed by atoms with Crippen LogP contribution >= 0.6 is 0 Å². The highest BCUT2D eigenvalue weighted by Crippen LogP contribution is 2.33. The molecule has 1 amide bonds. The van der Waals surface area contributed by atoms with Crippen LogP contribution in [-0.2, 0) is 10.0 Å². The highest BCUT2D eigenvalue weighted by Gasteiger charge is 2.33. The molecule has 3 aromatic rings. The molecule has 3 aromatic carbocycles. The van der Waals surface area contributed by atoms with E-state index in [2.05, 4.69) is 16.3 Å². The summed E-state index contributed by atoms with van der Waals surface area (Å²) in [5, 5.41) is 18.5. The second kappa shape index (κ2) is 12.7. The molecule has 3 N–H and O–H groups in total. The van der Waals surface area contributed by atoms with Crippen molar-refractivity contribution in [1.82, 2.24) is 4.90 Å². The Hall–Kier alpha value is -4.21. The van der Waals surface area contributed by atoms with Crippen molar-refractivity contribution in [2.24, 2.45) is 5.14 Å². The molecule has 0 saturated carbocycles. The van der Waals surface area contributed by atoms with E-state index in [4.69, 9.17) is 5.14 Å². The summed E-state index contributed by atoms with van der Waals surface area (Å²) in [6, 6.07) is 12.3. The number of nitrogens with two attached hydrogens (primary N) is 1. The summed E-state index contributed by atoms with van der Waals surface area (Å²) in [5.41, 5.74) is 5.57. The largest absolute Gasteiger partial charge is 0.382 e. The second-order valence-electron chi connectivity index (χ2n) is 12.0. The van der Waals surface area contributed by atoms with Gasteiger partial charge in [-0.05, 0) is 87.6 Å². The number of rotatable bonds is 6. The van der Waals surface area contributed by atoms with E-state index >= 15 is 0 Å². The minimum Gasteiger partial charge on any atom is -0.382 e. The Labute approximate surface area is 263 Å². The third-order valence-corrected chi connectivity index (χ3v) is 9.88. The van der Waals surface area contributed by atoms with E-state index in [0.717, 1.165) is 47.0 Å². The van der Waals surface area contributed by atoms with Crippen molar-refractivity contribution >= 4 is 33.0 Å². The Morgan fingerprint density at radius 2 is 1.69 bits per heavy atom. The van der Waals surface area contributed by atoms with E-state index in [-0.39, 0.29) is 23.7 Å². The number of halogens is 2. The van der Waals surface area contributed by atoms with Crippen LogP contribution in [0, 0.1) is 43.7 Å². The van der Waals surface area contributed by atoms with Crippen LogP contribution < -0.4 is 20.3 Å². The number of primary sulfonamides is 1. The molecule has 2 aliphatic rings. The number of benzene rings is 3. The minimum absolute atomic E-state index is 0.110. The lowest BCUT2D eigenvalue weighted by Gasteiger charge is -2.42. The van der Waals surface area contributed by atoms with Gasteiger partial charge in [-0.3, -0.25) is 4.79 Å². The lowest BCUT2D eigenvalue weighted by Crippen LogP contribution is -2.54. The quantitative estimate of drug-likeness (QED) is 0.397. The summed E-state index contributed by atoms with van der Waals surface area (Å²) in [6.07, 6.45) is 1.61. The molecule has 0 spiro atoms. The van der Waals surface area contributed by atoms with Crippen molar-refractivity contribution in [3.05, 3.63) is 81.9 Å². The average molecular weight is 637 g/mol. The van der Waals surface area contributed by atoms with Crippen LogP contribution in [0.25, 0.3) is 0 Å². The predicted octanol–water partition coefficient (Wildman–Crippen LogP) is 4.84.